The van der Waals surface area contributed by atoms with Crippen LogP contribution in [0.4, 0.5) is 5.82 Å². The largest absolute Gasteiger partial charge is 0.369 e. The van der Waals surface area contributed by atoms with Crippen molar-refractivity contribution in [3.8, 4) is 0 Å². The van der Waals surface area contributed by atoms with Gasteiger partial charge in [-0.2, -0.15) is 0 Å². The number of piperidine rings is 1. The molecule has 0 spiro atoms. The molecule has 29 heavy (non-hydrogen) atoms. The van der Waals surface area contributed by atoms with Crippen LogP contribution in [0.25, 0.3) is 0 Å². The maximum absolute atomic E-state index is 11.4. The normalized spacial score (nSPS) is 18.8. The van der Waals surface area contributed by atoms with E-state index in [-0.39, 0.29) is 11.8 Å². The third kappa shape index (κ3) is 6.34. The molecule has 2 heterocycles. The van der Waals surface area contributed by atoms with Crippen molar-refractivity contribution in [3.63, 3.8) is 0 Å². The number of aliphatic imine (C=N–C) groups is 1. The monoisotopic (exact) mass is 400 g/mol. The van der Waals surface area contributed by atoms with Gasteiger partial charge in [0.2, 0.25) is 5.91 Å². The van der Waals surface area contributed by atoms with Crippen LogP contribution in [0.3, 0.4) is 0 Å². The predicted molar refractivity (Wildman–Crippen MR) is 118 cm³/mol. The summed E-state index contributed by atoms with van der Waals surface area (Å²) in [6, 6.07) is 4.07. The standard InChI is InChI=1S/C22H36N6O/c1-24-22(26-13-4-8-17-6-2-3-7-17)27-16-19-9-5-12-25-21(19)28-14-10-18(11-15-28)20(23)29/h5,9,12,17-18H,2-4,6-8,10-11,13-16H2,1H3,(H2,23,29)(H2,24,26,27). The van der Waals surface area contributed by atoms with E-state index < -0.39 is 0 Å². The van der Waals surface area contributed by atoms with Gasteiger partial charge in [0.25, 0.3) is 0 Å². The number of primary amides is 1. The molecule has 4 N–H and O–H groups in total. The number of amides is 1. The average molecular weight is 401 g/mol. The quantitative estimate of drug-likeness (QED) is 0.354. The molecule has 7 heteroatoms. The Kier molecular flexibility index (Phi) is 8.14. The molecule has 1 saturated heterocycles. The molecule has 1 aromatic rings. The summed E-state index contributed by atoms with van der Waals surface area (Å²) in [4.78, 5) is 22.6. The Bertz CT molecular complexity index is 678. The van der Waals surface area contributed by atoms with Gasteiger partial charge in [-0.15, -0.1) is 0 Å². The van der Waals surface area contributed by atoms with Gasteiger partial charge < -0.3 is 21.3 Å². The van der Waals surface area contributed by atoms with Gasteiger partial charge in [0.15, 0.2) is 5.96 Å². The molecule has 2 fully saturated rings. The second-order valence-electron chi connectivity index (χ2n) is 8.30. The summed E-state index contributed by atoms with van der Waals surface area (Å²) < 4.78 is 0. The number of hydrogen-bond acceptors (Lipinski definition) is 4. The number of pyridine rings is 1. The zero-order chi connectivity index (χ0) is 20.5. The highest BCUT2D eigenvalue weighted by atomic mass is 16.1. The SMILES string of the molecule is CN=C(NCCCC1CCCC1)NCc1cccnc1N1CCC(C(N)=O)CC1. The Morgan fingerprint density at radius 1 is 1.24 bits per heavy atom. The summed E-state index contributed by atoms with van der Waals surface area (Å²) in [5.41, 5.74) is 6.60. The van der Waals surface area contributed by atoms with Crippen LogP contribution in [-0.2, 0) is 11.3 Å². The fourth-order valence-electron chi connectivity index (χ4n) is 4.52. The lowest BCUT2D eigenvalue weighted by Gasteiger charge is -2.32. The zero-order valence-corrected chi connectivity index (χ0v) is 17.7. The van der Waals surface area contributed by atoms with Crippen molar-refractivity contribution in [1.29, 1.82) is 0 Å². The fourth-order valence-corrected chi connectivity index (χ4v) is 4.52. The van der Waals surface area contributed by atoms with Crippen molar-refractivity contribution in [2.75, 3.05) is 31.6 Å². The highest BCUT2D eigenvalue weighted by molar-refractivity contribution is 5.79. The summed E-state index contributed by atoms with van der Waals surface area (Å²) in [6.45, 7) is 3.25. The third-order valence-corrected chi connectivity index (χ3v) is 6.29. The minimum absolute atomic E-state index is 0.0104. The van der Waals surface area contributed by atoms with Crippen LogP contribution < -0.4 is 21.3 Å². The van der Waals surface area contributed by atoms with Crippen LogP contribution in [-0.4, -0.2) is 43.5 Å². The fraction of sp³-hybridized carbons (Fsp3) is 0.682. The zero-order valence-electron chi connectivity index (χ0n) is 17.7. The molecule has 1 aromatic heterocycles. The van der Waals surface area contributed by atoms with E-state index in [1.165, 1.54) is 38.5 Å². The van der Waals surface area contributed by atoms with Gasteiger partial charge in [-0.3, -0.25) is 9.79 Å². The second kappa shape index (κ2) is 11.0. The average Bonchev–Trinajstić information content (AvgIpc) is 3.27. The minimum Gasteiger partial charge on any atom is -0.369 e. The predicted octanol–water partition coefficient (Wildman–Crippen LogP) is 2.42. The molecule has 0 bridgehead atoms. The van der Waals surface area contributed by atoms with Crippen LogP contribution in [0.2, 0.25) is 0 Å². The Morgan fingerprint density at radius 2 is 2.00 bits per heavy atom. The molecule has 1 saturated carbocycles. The van der Waals surface area contributed by atoms with Gasteiger partial charge in [-0.1, -0.05) is 31.7 Å². The van der Waals surface area contributed by atoms with E-state index in [1.807, 2.05) is 19.3 Å². The molecule has 2 aliphatic rings. The second-order valence-corrected chi connectivity index (χ2v) is 8.30. The van der Waals surface area contributed by atoms with Crippen LogP contribution in [0.5, 0.6) is 0 Å². The van der Waals surface area contributed by atoms with Crippen LogP contribution in [0.1, 0.15) is 56.9 Å². The molecule has 0 aromatic carbocycles. The van der Waals surface area contributed by atoms with Crippen molar-refractivity contribution in [2.24, 2.45) is 22.6 Å². The topological polar surface area (TPSA) is 95.6 Å². The molecule has 1 aliphatic heterocycles. The van der Waals surface area contributed by atoms with Crippen molar-refractivity contribution in [3.05, 3.63) is 23.9 Å². The number of nitrogens with one attached hydrogen (secondary N) is 2. The number of rotatable bonds is 8. The van der Waals surface area contributed by atoms with Gasteiger partial charge in [0, 0.05) is 50.9 Å². The van der Waals surface area contributed by atoms with E-state index in [2.05, 4.69) is 31.6 Å². The smallest absolute Gasteiger partial charge is 0.220 e. The molecule has 1 aliphatic carbocycles. The lowest BCUT2D eigenvalue weighted by molar-refractivity contribution is -0.122. The number of hydrogen-bond donors (Lipinski definition) is 3. The molecule has 3 rings (SSSR count). The molecule has 0 unspecified atom stereocenters. The maximum atomic E-state index is 11.4. The van der Waals surface area contributed by atoms with Gasteiger partial charge in [-0.25, -0.2) is 4.98 Å². The van der Waals surface area contributed by atoms with Gasteiger partial charge in [0.05, 0.1) is 0 Å². The molecule has 1 amide bonds. The first kappa shape index (κ1) is 21.4. The molecule has 0 radical (unpaired) electrons. The van der Waals surface area contributed by atoms with E-state index >= 15 is 0 Å². The lowest BCUT2D eigenvalue weighted by Crippen LogP contribution is -2.40. The highest BCUT2D eigenvalue weighted by Crippen LogP contribution is 2.28. The minimum atomic E-state index is -0.185. The number of carbonyl (C=O) groups excluding carboxylic acids is 1. The van der Waals surface area contributed by atoms with Gasteiger partial charge >= 0.3 is 0 Å². The summed E-state index contributed by atoms with van der Waals surface area (Å²) in [5, 5.41) is 6.85. The van der Waals surface area contributed by atoms with Crippen molar-refractivity contribution in [2.45, 2.75) is 57.9 Å². The van der Waals surface area contributed by atoms with E-state index in [1.54, 1.807) is 0 Å². The van der Waals surface area contributed by atoms with Crippen LogP contribution in [0.15, 0.2) is 23.3 Å². The Balaban J connectivity index is 1.46. The molecule has 7 nitrogen and oxygen atoms in total. The summed E-state index contributed by atoms with van der Waals surface area (Å²) in [6.07, 6.45) is 11.6. The summed E-state index contributed by atoms with van der Waals surface area (Å²) in [5.74, 6) is 2.56. The number of carbonyl (C=O) groups is 1. The lowest BCUT2D eigenvalue weighted by atomic mass is 9.96. The van der Waals surface area contributed by atoms with Crippen LogP contribution >= 0.6 is 0 Å². The highest BCUT2D eigenvalue weighted by Gasteiger charge is 2.25. The first-order valence-electron chi connectivity index (χ1n) is 11.1. The van der Waals surface area contributed by atoms with E-state index in [9.17, 15) is 4.79 Å². The summed E-state index contributed by atoms with van der Waals surface area (Å²) in [7, 11) is 1.81. The van der Waals surface area contributed by atoms with E-state index in [4.69, 9.17) is 5.73 Å². The molecule has 0 atom stereocenters. The van der Waals surface area contributed by atoms with Crippen molar-refractivity contribution >= 4 is 17.7 Å². The van der Waals surface area contributed by atoms with Crippen molar-refractivity contribution < 1.29 is 4.79 Å². The number of anilines is 1. The Morgan fingerprint density at radius 3 is 2.69 bits per heavy atom. The Labute approximate surface area is 174 Å². The summed E-state index contributed by atoms with van der Waals surface area (Å²) >= 11 is 0. The van der Waals surface area contributed by atoms with Gasteiger partial charge in [-0.05, 0) is 37.7 Å². The van der Waals surface area contributed by atoms with E-state index in [0.29, 0.717) is 6.54 Å². The first-order valence-corrected chi connectivity index (χ1v) is 11.1. The number of nitrogens with two attached hydrogens (primary N) is 1. The van der Waals surface area contributed by atoms with Gasteiger partial charge in [0.1, 0.15) is 5.82 Å². The Hall–Kier alpha value is -2.31. The molecular weight excluding hydrogens is 364 g/mol. The number of aromatic nitrogens is 1. The number of nitrogens with zero attached hydrogens (tertiary/aromatic N) is 3. The maximum Gasteiger partial charge on any atom is 0.220 e. The number of guanidine groups is 1. The first-order chi connectivity index (χ1) is 14.2. The van der Waals surface area contributed by atoms with Crippen LogP contribution in [0, 0.1) is 11.8 Å². The molecular formula is C22H36N6O. The van der Waals surface area contributed by atoms with Crippen molar-refractivity contribution in [1.82, 2.24) is 15.6 Å². The molecule has 160 valence electrons. The van der Waals surface area contributed by atoms with E-state index in [0.717, 1.165) is 55.7 Å². The third-order valence-electron chi connectivity index (χ3n) is 6.29.